The Morgan fingerprint density at radius 2 is 2.00 bits per heavy atom. The minimum absolute atomic E-state index is 0.207. The van der Waals surface area contributed by atoms with Crippen molar-refractivity contribution < 1.29 is 17.6 Å². The number of amides is 1. The van der Waals surface area contributed by atoms with Crippen molar-refractivity contribution in [1.29, 1.82) is 0 Å². The van der Waals surface area contributed by atoms with Crippen LogP contribution in [-0.2, 0) is 14.6 Å². The third-order valence-corrected chi connectivity index (χ3v) is 6.49. The van der Waals surface area contributed by atoms with Crippen molar-refractivity contribution in [1.82, 2.24) is 15.1 Å². The predicted octanol–water partition coefficient (Wildman–Crippen LogP) is 1.12. The van der Waals surface area contributed by atoms with Gasteiger partial charge in [0.25, 0.3) is 0 Å². The van der Waals surface area contributed by atoms with Crippen molar-refractivity contribution in [2.75, 3.05) is 24.7 Å². The minimum atomic E-state index is -3.60. The summed E-state index contributed by atoms with van der Waals surface area (Å²) in [5.41, 5.74) is 0.553. The molecule has 1 aromatic heterocycles. The number of anilines is 1. The summed E-state index contributed by atoms with van der Waals surface area (Å²) in [4.78, 5) is 12.7. The molecule has 2 heterocycles. The van der Waals surface area contributed by atoms with E-state index >= 15 is 0 Å². The van der Waals surface area contributed by atoms with Gasteiger partial charge < -0.3 is 10.6 Å². The topological polar surface area (TPSA) is 93.1 Å². The number of carbonyl (C=O) groups excluding carboxylic acids is 1. The molecule has 0 atom stereocenters. The van der Waals surface area contributed by atoms with E-state index in [-0.39, 0.29) is 18.5 Å². The maximum Gasteiger partial charge on any atom is 0.246 e. The van der Waals surface area contributed by atoms with E-state index in [0.717, 1.165) is 6.26 Å². The minimum Gasteiger partial charge on any atom is -0.322 e. The van der Waals surface area contributed by atoms with Gasteiger partial charge in [0.15, 0.2) is 14.6 Å². The maximum absolute atomic E-state index is 13.8. The van der Waals surface area contributed by atoms with Gasteiger partial charge in [-0.1, -0.05) is 12.1 Å². The fraction of sp³-hybridized carbons (Fsp3) is 0.375. The Labute approximate surface area is 145 Å². The molecule has 0 aliphatic carbocycles. The molecule has 1 amide bonds. The van der Waals surface area contributed by atoms with Gasteiger partial charge in [0.05, 0.1) is 18.1 Å². The van der Waals surface area contributed by atoms with Crippen molar-refractivity contribution in [3.05, 3.63) is 42.5 Å². The van der Waals surface area contributed by atoms with E-state index in [0.29, 0.717) is 18.8 Å². The molecule has 1 saturated heterocycles. The van der Waals surface area contributed by atoms with Crippen molar-refractivity contribution in [3.63, 3.8) is 0 Å². The van der Waals surface area contributed by atoms with Crippen LogP contribution in [0.3, 0.4) is 0 Å². The Kier molecular flexibility index (Phi) is 4.61. The van der Waals surface area contributed by atoms with E-state index < -0.39 is 26.3 Å². The lowest BCUT2D eigenvalue weighted by Gasteiger charge is -2.34. The summed E-state index contributed by atoms with van der Waals surface area (Å²) in [5, 5.41) is 9.71. The molecule has 25 heavy (non-hydrogen) atoms. The lowest BCUT2D eigenvalue weighted by molar-refractivity contribution is -0.119. The first-order valence-corrected chi connectivity index (χ1v) is 9.74. The average Bonchev–Trinajstić information content (AvgIpc) is 3.03. The largest absolute Gasteiger partial charge is 0.322 e. The van der Waals surface area contributed by atoms with E-state index in [1.54, 1.807) is 18.2 Å². The van der Waals surface area contributed by atoms with Gasteiger partial charge in [0.2, 0.25) is 5.91 Å². The van der Waals surface area contributed by atoms with Crippen LogP contribution in [0.25, 0.3) is 5.69 Å². The quantitative estimate of drug-likeness (QED) is 0.846. The fourth-order valence-electron chi connectivity index (χ4n) is 3.00. The van der Waals surface area contributed by atoms with E-state index in [4.69, 9.17) is 0 Å². The molecule has 0 bridgehead atoms. The number of para-hydroxylation sites is 1. The molecular formula is C16H19FN4O3S. The molecule has 3 rings (SSSR count). The first-order valence-electron chi connectivity index (χ1n) is 7.85. The third-order valence-electron chi connectivity index (χ3n) is 4.47. The van der Waals surface area contributed by atoms with Gasteiger partial charge in [-0.3, -0.25) is 4.79 Å². The van der Waals surface area contributed by atoms with Crippen LogP contribution in [0.1, 0.15) is 12.8 Å². The lowest BCUT2D eigenvalue weighted by atomic mass is 9.96. The highest BCUT2D eigenvalue weighted by Gasteiger charge is 2.48. The normalized spacial score (nSPS) is 17.2. The van der Waals surface area contributed by atoms with Crippen molar-refractivity contribution in [3.8, 4) is 5.69 Å². The van der Waals surface area contributed by atoms with Crippen LogP contribution < -0.4 is 10.6 Å². The Bertz CT molecular complexity index is 888. The molecule has 2 aromatic rings. The van der Waals surface area contributed by atoms with Crippen LogP contribution in [-0.4, -0.2) is 48.2 Å². The Morgan fingerprint density at radius 3 is 2.64 bits per heavy atom. The molecule has 1 fully saturated rings. The summed E-state index contributed by atoms with van der Waals surface area (Å²) in [6.07, 6.45) is 4.31. The lowest BCUT2D eigenvalue weighted by Crippen LogP contribution is -2.55. The second-order valence-corrected chi connectivity index (χ2v) is 8.42. The number of nitrogens with one attached hydrogen (secondary N) is 2. The summed E-state index contributed by atoms with van der Waals surface area (Å²) in [6, 6.07) is 6.10. The Morgan fingerprint density at radius 1 is 1.32 bits per heavy atom. The summed E-state index contributed by atoms with van der Waals surface area (Å²) >= 11 is 0. The number of sulfone groups is 1. The highest BCUT2D eigenvalue weighted by molar-refractivity contribution is 7.92. The molecule has 1 aromatic carbocycles. The Hall–Kier alpha value is -2.26. The number of hydrogen-bond acceptors (Lipinski definition) is 5. The summed E-state index contributed by atoms with van der Waals surface area (Å²) in [7, 11) is -3.60. The monoisotopic (exact) mass is 366 g/mol. The summed E-state index contributed by atoms with van der Waals surface area (Å²) < 4.78 is 38.2. The molecule has 0 spiro atoms. The number of halogens is 1. The zero-order valence-electron chi connectivity index (χ0n) is 13.7. The van der Waals surface area contributed by atoms with Crippen LogP contribution in [0.15, 0.2) is 36.7 Å². The van der Waals surface area contributed by atoms with E-state index in [1.165, 1.54) is 23.1 Å². The van der Waals surface area contributed by atoms with E-state index in [9.17, 15) is 17.6 Å². The molecule has 1 aliphatic heterocycles. The van der Waals surface area contributed by atoms with Crippen molar-refractivity contribution >= 4 is 21.4 Å². The number of aromatic nitrogens is 2. The van der Waals surface area contributed by atoms with E-state index in [1.807, 2.05) is 0 Å². The molecule has 0 saturated carbocycles. The van der Waals surface area contributed by atoms with Crippen LogP contribution in [0.2, 0.25) is 0 Å². The smallest absolute Gasteiger partial charge is 0.246 e. The van der Waals surface area contributed by atoms with Gasteiger partial charge in [-0.25, -0.2) is 17.5 Å². The fourth-order valence-corrected chi connectivity index (χ4v) is 4.33. The highest BCUT2D eigenvalue weighted by atomic mass is 32.2. The molecule has 7 nitrogen and oxygen atoms in total. The van der Waals surface area contributed by atoms with E-state index in [2.05, 4.69) is 15.7 Å². The number of nitrogens with zero attached hydrogens (tertiary/aromatic N) is 2. The average molecular weight is 366 g/mol. The molecule has 9 heteroatoms. The van der Waals surface area contributed by atoms with Gasteiger partial charge in [-0.15, -0.1) is 0 Å². The number of benzene rings is 1. The first kappa shape index (κ1) is 17.6. The van der Waals surface area contributed by atoms with Crippen LogP contribution >= 0.6 is 0 Å². The van der Waals surface area contributed by atoms with Crippen LogP contribution in [0.4, 0.5) is 10.1 Å². The second-order valence-electron chi connectivity index (χ2n) is 6.10. The molecule has 1 aliphatic rings. The van der Waals surface area contributed by atoms with Crippen LogP contribution in [0.5, 0.6) is 0 Å². The number of piperidine rings is 1. The van der Waals surface area contributed by atoms with Gasteiger partial charge in [-0.2, -0.15) is 5.10 Å². The number of hydrogen-bond donors (Lipinski definition) is 2. The molecule has 134 valence electrons. The first-order chi connectivity index (χ1) is 11.8. The molecule has 0 radical (unpaired) electrons. The second kappa shape index (κ2) is 6.57. The maximum atomic E-state index is 13.8. The number of rotatable bonds is 4. The van der Waals surface area contributed by atoms with Crippen molar-refractivity contribution in [2.24, 2.45) is 0 Å². The standard InChI is InChI=1S/C16H19FN4O3S/c1-25(23,24)16(6-8-18-9-7-16)15(22)20-12-10-19-21(11-12)14-5-3-2-4-13(14)17/h2-5,10-11,18H,6-9H2,1H3,(H,20,22). The third kappa shape index (κ3) is 3.29. The number of carbonyl (C=O) groups is 1. The summed E-state index contributed by atoms with van der Waals surface area (Å²) in [6.45, 7) is 0.907. The van der Waals surface area contributed by atoms with Gasteiger partial charge in [-0.05, 0) is 38.1 Å². The van der Waals surface area contributed by atoms with Crippen molar-refractivity contribution in [2.45, 2.75) is 17.6 Å². The van der Waals surface area contributed by atoms with Gasteiger partial charge in [0, 0.05) is 6.26 Å². The zero-order valence-corrected chi connectivity index (χ0v) is 14.5. The zero-order chi connectivity index (χ0) is 18.1. The summed E-state index contributed by atoms with van der Waals surface area (Å²) in [5.74, 6) is -1.03. The van der Waals surface area contributed by atoms with Gasteiger partial charge in [0.1, 0.15) is 11.5 Å². The molecular weight excluding hydrogens is 347 g/mol. The SMILES string of the molecule is CS(=O)(=O)C1(C(=O)Nc2cnn(-c3ccccc3F)c2)CCNCC1. The highest BCUT2D eigenvalue weighted by Crippen LogP contribution is 2.29. The van der Waals surface area contributed by atoms with Gasteiger partial charge >= 0.3 is 0 Å². The molecule has 2 N–H and O–H groups in total. The van der Waals surface area contributed by atoms with Crippen LogP contribution in [0, 0.1) is 5.82 Å². The Balaban J connectivity index is 1.85. The predicted molar refractivity (Wildman–Crippen MR) is 91.8 cm³/mol. The molecule has 0 unspecified atom stereocenters.